The Hall–Kier alpha value is -3.42. The number of nitro groups is 1. The lowest BCUT2D eigenvalue weighted by Gasteiger charge is -2.10. The third kappa shape index (κ3) is 5.80. The molecule has 0 atom stereocenters. The van der Waals surface area contributed by atoms with Crippen LogP contribution in [-0.2, 0) is 4.79 Å². The highest BCUT2D eigenvalue weighted by Gasteiger charge is 2.14. The summed E-state index contributed by atoms with van der Waals surface area (Å²) in [5.74, 6) is 0.0128. The number of para-hydroxylation sites is 1. The average Bonchev–Trinajstić information content (AvgIpc) is 2.65. The minimum atomic E-state index is -0.493. The summed E-state index contributed by atoms with van der Waals surface area (Å²) in [5.41, 5.74) is 0.818. The van der Waals surface area contributed by atoms with Crippen molar-refractivity contribution < 1.29 is 24.0 Å². The molecule has 0 radical (unpaired) electrons. The van der Waals surface area contributed by atoms with Crippen LogP contribution >= 0.6 is 0 Å². The number of carbonyl (C=O) groups excluding carboxylic acids is 2. The fourth-order valence-electron chi connectivity index (χ4n) is 2.54. The van der Waals surface area contributed by atoms with Crippen molar-refractivity contribution in [3.63, 3.8) is 0 Å². The van der Waals surface area contributed by atoms with Gasteiger partial charge in [-0.15, -0.1) is 0 Å². The summed E-state index contributed by atoms with van der Waals surface area (Å²) in [6, 6.07) is 11.1. The van der Waals surface area contributed by atoms with Gasteiger partial charge in [-0.2, -0.15) is 0 Å². The van der Waals surface area contributed by atoms with E-state index in [-0.39, 0.29) is 23.8 Å². The summed E-state index contributed by atoms with van der Waals surface area (Å²) in [7, 11) is 0. The molecule has 0 aliphatic heterocycles. The summed E-state index contributed by atoms with van der Waals surface area (Å²) in [4.78, 5) is 34.5. The van der Waals surface area contributed by atoms with E-state index in [4.69, 9.17) is 9.47 Å². The second-order valence-corrected chi connectivity index (χ2v) is 5.97. The normalized spacial score (nSPS) is 10.2. The fourth-order valence-corrected chi connectivity index (χ4v) is 2.54. The van der Waals surface area contributed by atoms with Gasteiger partial charge in [-0.3, -0.25) is 19.7 Å². The summed E-state index contributed by atoms with van der Waals surface area (Å²) in [6.45, 7) is 4.17. The molecule has 0 fully saturated rings. The van der Waals surface area contributed by atoms with Crippen molar-refractivity contribution in [2.75, 3.05) is 13.2 Å². The van der Waals surface area contributed by atoms with E-state index in [1.54, 1.807) is 31.2 Å². The number of hydrogen-bond donors (Lipinski definition) is 1. The molecule has 2 rings (SSSR count). The Morgan fingerprint density at radius 2 is 1.93 bits per heavy atom. The molecule has 2 aromatic carbocycles. The summed E-state index contributed by atoms with van der Waals surface area (Å²) >= 11 is 0. The van der Waals surface area contributed by atoms with E-state index in [0.29, 0.717) is 36.4 Å². The van der Waals surface area contributed by atoms with Gasteiger partial charge in [0.2, 0.25) is 0 Å². The van der Waals surface area contributed by atoms with Crippen LogP contribution in [0.1, 0.15) is 35.7 Å². The average molecular weight is 386 g/mol. The molecule has 0 spiro atoms. The first kappa shape index (κ1) is 20.9. The maximum Gasteiger partial charge on any atom is 0.311 e. The molecule has 8 nitrogen and oxygen atoms in total. The molecule has 0 aromatic heterocycles. The van der Waals surface area contributed by atoms with Crippen LogP contribution in [0.15, 0.2) is 42.5 Å². The monoisotopic (exact) mass is 386 g/mol. The quantitative estimate of drug-likeness (QED) is 0.233. The lowest BCUT2D eigenvalue weighted by Crippen LogP contribution is -2.25. The molecule has 0 bridgehead atoms. The Labute approximate surface area is 162 Å². The van der Waals surface area contributed by atoms with Gasteiger partial charge in [0.15, 0.2) is 0 Å². The summed E-state index contributed by atoms with van der Waals surface area (Å²) in [5, 5.41) is 13.5. The number of ether oxygens (including phenoxy) is 2. The van der Waals surface area contributed by atoms with Crippen molar-refractivity contribution in [1.82, 2.24) is 5.32 Å². The number of benzene rings is 2. The predicted octanol–water partition coefficient (Wildman–Crippen LogP) is 3.42. The molecule has 0 aliphatic carbocycles. The SMILES string of the molecule is CCOc1ccccc1C(=O)NCCCC(=O)Oc1ccc([N+](=O)[O-])c(C)c1. The van der Waals surface area contributed by atoms with Crippen LogP contribution in [0.25, 0.3) is 0 Å². The highest BCUT2D eigenvalue weighted by molar-refractivity contribution is 5.96. The lowest BCUT2D eigenvalue weighted by atomic mass is 10.2. The van der Waals surface area contributed by atoms with E-state index in [2.05, 4.69) is 5.32 Å². The Kier molecular flexibility index (Phi) is 7.50. The molecule has 28 heavy (non-hydrogen) atoms. The van der Waals surface area contributed by atoms with Crippen molar-refractivity contribution in [2.24, 2.45) is 0 Å². The Bertz CT molecular complexity index is 866. The number of aryl methyl sites for hydroxylation is 1. The number of esters is 1. The molecule has 0 saturated carbocycles. The van der Waals surface area contributed by atoms with E-state index >= 15 is 0 Å². The van der Waals surface area contributed by atoms with Crippen molar-refractivity contribution in [2.45, 2.75) is 26.7 Å². The Morgan fingerprint density at radius 1 is 1.18 bits per heavy atom. The minimum absolute atomic E-state index is 0.0326. The van der Waals surface area contributed by atoms with E-state index in [9.17, 15) is 19.7 Å². The highest BCUT2D eigenvalue weighted by Crippen LogP contribution is 2.23. The molecule has 0 heterocycles. The standard InChI is InChI=1S/C20H22N2O6/c1-3-27-18-8-5-4-7-16(18)20(24)21-12-6-9-19(23)28-15-10-11-17(22(25)26)14(2)13-15/h4-5,7-8,10-11,13H,3,6,9,12H2,1-2H3,(H,21,24). The van der Waals surface area contributed by atoms with Crippen LogP contribution in [0.2, 0.25) is 0 Å². The van der Waals surface area contributed by atoms with Crippen LogP contribution < -0.4 is 14.8 Å². The van der Waals surface area contributed by atoms with Gasteiger partial charge >= 0.3 is 5.97 Å². The summed E-state index contributed by atoms with van der Waals surface area (Å²) in [6.07, 6.45) is 0.497. The number of nitrogens with one attached hydrogen (secondary N) is 1. The smallest absolute Gasteiger partial charge is 0.311 e. The van der Waals surface area contributed by atoms with Gasteiger partial charge in [0, 0.05) is 24.6 Å². The van der Waals surface area contributed by atoms with E-state index in [1.807, 2.05) is 6.92 Å². The number of hydrogen-bond acceptors (Lipinski definition) is 6. The molecule has 148 valence electrons. The molecular weight excluding hydrogens is 364 g/mol. The van der Waals surface area contributed by atoms with Crippen molar-refractivity contribution in [3.05, 3.63) is 63.7 Å². The van der Waals surface area contributed by atoms with Crippen LogP contribution in [0.5, 0.6) is 11.5 Å². The zero-order valence-corrected chi connectivity index (χ0v) is 15.8. The first-order valence-electron chi connectivity index (χ1n) is 8.88. The first-order valence-corrected chi connectivity index (χ1v) is 8.88. The molecule has 2 aromatic rings. The van der Waals surface area contributed by atoms with Gasteiger partial charge in [-0.1, -0.05) is 12.1 Å². The molecule has 8 heteroatoms. The van der Waals surface area contributed by atoms with Gasteiger partial charge in [0.25, 0.3) is 11.6 Å². The molecule has 0 unspecified atom stereocenters. The van der Waals surface area contributed by atoms with E-state index in [0.717, 1.165) is 0 Å². The lowest BCUT2D eigenvalue weighted by molar-refractivity contribution is -0.385. The number of amides is 1. The number of nitrogens with zero attached hydrogens (tertiary/aromatic N) is 1. The molecular formula is C20H22N2O6. The highest BCUT2D eigenvalue weighted by atomic mass is 16.6. The van der Waals surface area contributed by atoms with Crippen LogP contribution in [0.4, 0.5) is 5.69 Å². The number of carbonyl (C=O) groups is 2. The van der Waals surface area contributed by atoms with Gasteiger partial charge in [0.05, 0.1) is 17.1 Å². The van der Waals surface area contributed by atoms with Crippen molar-refractivity contribution in [3.8, 4) is 11.5 Å². The van der Waals surface area contributed by atoms with Crippen LogP contribution in [-0.4, -0.2) is 30.0 Å². The predicted molar refractivity (Wildman–Crippen MR) is 103 cm³/mol. The largest absolute Gasteiger partial charge is 0.493 e. The zero-order valence-electron chi connectivity index (χ0n) is 15.8. The fraction of sp³-hybridized carbons (Fsp3) is 0.300. The van der Waals surface area contributed by atoms with Gasteiger partial charge in [-0.25, -0.2) is 0 Å². The maximum atomic E-state index is 12.2. The number of rotatable bonds is 9. The second kappa shape index (κ2) is 10.1. The third-order valence-electron chi connectivity index (χ3n) is 3.87. The Morgan fingerprint density at radius 3 is 2.61 bits per heavy atom. The second-order valence-electron chi connectivity index (χ2n) is 5.97. The van der Waals surface area contributed by atoms with Crippen molar-refractivity contribution in [1.29, 1.82) is 0 Å². The van der Waals surface area contributed by atoms with E-state index < -0.39 is 10.9 Å². The molecule has 0 saturated heterocycles. The van der Waals surface area contributed by atoms with Gasteiger partial charge in [-0.05, 0) is 44.5 Å². The van der Waals surface area contributed by atoms with Crippen molar-refractivity contribution >= 4 is 17.6 Å². The third-order valence-corrected chi connectivity index (χ3v) is 3.87. The minimum Gasteiger partial charge on any atom is -0.493 e. The molecule has 1 amide bonds. The Balaban J connectivity index is 1.79. The molecule has 1 N–H and O–H groups in total. The summed E-state index contributed by atoms with van der Waals surface area (Å²) < 4.78 is 10.6. The van der Waals surface area contributed by atoms with Gasteiger partial charge < -0.3 is 14.8 Å². The number of nitro benzene ring substituents is 1. The molecule has 0 aliphatic rings. The first-order chi connectivity index (χ1) is 13.4. The van der Waals surface area contributed by atoms with E-state index in [1.165, 1.54) is 18.2 Å². The topological polar surface area (TPSA) is 108 Å². The zero-order chi connectivity index (χ0) is 20.5. The van der Waals surface area contributed by atoms with Crippen LogP contribution in [0, 0.1) is 17.0 Å². The van der Waals surface area contributed by atoms with Gasteiger partial charge in [0.1, 0.15) is 11.5 Å². The maximum absolute atomic E-state index is 12.2. The van der Waals surface area contributed by atoms with Crippen LogP contribution in [0.3, 0.4) is 0 Å².